The monoisotopic (exact) mass is 338 g/mol. The van der Waals surface area contributed by atoms with Gasteiger partial charge in [0.25, 0.3) is 11.6 Å². The van der Waals surface area contributed by atoms with E-state index in [4.69, 9.17) is 5.73 Å². The number of primary amides is 1. The predicted molar refractivity (Wildman–Crippen MR) is 75.9 cm³/mol. The molecule has 0 bridgehead atoms. The maximum atomic E-state index is 11.5. The molecule has 0 aliphatic heterocycles. The van der Waals surface area contributed by atoms with Crippen molar-refractivity contribution >= 4 is 27.5 Å². The van der Waals surface area contributed by atoms with Gasteiger partial charge in [-0.15, -0.1) is 0 Å². The standard InChI is InChI=1S/C12H11BrN4O3/c1-6-11(13)7(2)16(15-6)10-4-3-8(17(19)20)5-9(10)12(14)18/h3-5H,1-2H3,(H2,14,18). The molecule has 1 aromatic heterocycles. The lowest BCUT2D eigenvalue weighted by atomic mass is 10.1. The summed E-state index contributed by atoms with van der Waals surface area (Å²) in [5, 5.41) is 15.1. The minimum atomic E-state index is -0.743. The summed E-state index contributed by atoms with van der Waals surface area (Å²) in [5.41, 5.74) is 7.10. The summed E-state index contributed by atoms with van der Waals surface area (Å²) in [6.07, 6.45) is 0. The third kappa shape index (κ3) is 2.29. The molecule has 20 heavy (non-hydrogen) atoms. The zero-order chi connectivity index (χ0) is 15.0. The Labute approximate surface area is 122 Å². The summed E-state index contributed by atoms with van der Waals surface area (Å²) in [6, 6.07) is 3.93. The molecule has 104 valence electrons. The van der Waals surface area contributed by atoms with Gasteiger partial charge in [-0.05, 0) is 35.8 Å². The van der Waals surface area contributed by atoms with E-state index in [0.717, 1.165) is 21.9 Å². The summed E-state index contributed by atoms with van der Waals surface area (Å²) >= 11 is 3.39. The Hall–Kier alpha value is -2.22. The molecule has 2 rings (SSSR count). The van der Waals surface area contributed by atoms with Gasteiger partial charge in [-0.1, -0.05) is 0 Å². The van der Waals surface area contributed by atoms with Crippen molar-refractivity contribution in [3.05, 3.63) is 49.7 Å². The first kappa shape index (κ1) is 14.2. The largest absolute Gasteiger partial charge is 0.366 e. The van der Waals surface area contributed by atoms with E-state index < -0.39 is 10.8 Å². The number of nitro groups is 1. The van der Waals surface area contributed by atoms with Gasteiger partial charge >= 0.3 is 0 Å². The van der Waals surface area contributed by atoms with Gasteiger partial charge in [0.1, 0.15) is 0 Å². The maximum Gasteiger partial charge on any atom is 0.270 e. The number of non-ortho nitro benzene ring substituents is 1. The highest BCUT2D eigenvalue weighted by Crippen LogP contribution is 2.26. The molecule has 8 heteroatoms. The zero-order valence-electron chi connectivity index (χ0n) is 10.8. The average molecular weight is 339 g/mol. The van der Waals surface area contributed by atoms with Crippen molar-refractivity contribution in [2.24, 2.45) is 5.73 Å². The predicted octanol–water partition coefficient (Wildman–Crippen LogP) is 2.26. The lowest BCUT2D eigenvalue weighted by Crippen LogP contribution is -2.16. The van der Waals surface area contributed by atoms with Gasteiger partial charge in [0, 0.05) is 12.1 Å². The van der Waals surface area contributed by atoms with Crippen molar-refractivity contribution in [1.82, 2.24) is 9.78 Å². The summed E-state index contributed by atoms with van der Waals surface area (Å²) in [4.78, 5) is 21.7. The second-order valence-corrected chi connectivity index (χ2v) is 5.01. The van der Waals surface area contributed by atoms with Crippen LogP contribution in [0.1, 0.15) is 21.7 Å². The van der Waals surface area contributed by atoms with E-state index in [9.17, 15) is 14.9 Å². The number of nitrogens with two attached hydrogens (primary N) is 1. The molecule has 0 radical (unpaired) electrons. The molecule has 0 atom stereocenters. The number of hydrogen-bond acceptors (Lipinski definition) is 4. The Bertz CT molecular complexity index is 724. The molecule has 1 amide bonds. The highest BCUT2D eigenvalue weighted by atomic mass is 79.9. The van der Waals surface area contributed by atoms with E-state index in [2.05, 4.69) is 21.0 Å². The number of carbonyl (C=O) groups excluding carboxylic acids is 1. The first-order chi connectivity index (χ1) is 9.32. The molecule has 0 aliphatic carbocycles. The van der Waals surface area contributed by atoms with Crippen molar-refractivity contribution in [2.45, 2.75) is 13.8 Å². The van der Waals surface area contributed by atoms with Gasteiger partial charge in [0.05, 0.1) is 32.0 Å². The zero-order valence-corrected chi connectivity index (χ0v) is 12.3. The number of nitrogens with zero attached hydrogens (tertiary/aromatic N) is 3. The highest BCUT2D eigenvalue weighted by Gasteiger charge is 2.19. The number of benzene rings is 1. The number of nitro benzene ring substituents is 1. The molecule has 0 aliphatic rings. The second-order valence-electron chi connectivity index (χ2n) is 4.22. The van der Waals surface area contributed by atoms with E-state index in [1.54, 1.807) is 0 Å². The fourth-order valence-electron chi connectivity index (χ4n) is 1.88. The highest BCUT2D eigenvalue weighted by molar-refractivity contribution is 9.10. The maximum absolute atomic E-state index is 11.5. The van der Waals surface area contributed by atoms with Crippen LogP contribution in [-0.4, -0.2) is 20.6 Å². The smallest absolute Gasteiger partial charge is 0.270 e. The normalized spacial score (nSPS) is 10.6. The Morgan fingerprint density at radius 1 is 1.45 bits per heavy atom. The molecule has 1 heterocycles. The van der Waals surface area contributed by atoms with Crippen LogP contribution in [0, 0.1) is 24.0 Å². The van der Waals surface area contributed by atoms with Crippen LogP contribution in [0.2, 0.25) is 0 Å². The van der Waals surface area contributed by atoms with Gasteiger partial charge in [-0.3, -0.25) is 14.9 Å². The Morgan fingerprint density at radius 3 is 2.55 bits per heavy atom. The number of carbonyl (C=O) groups is 1. The van der Waals surface area contributed by atoms with Crippen LogP contribution in [0.4, 0.5) is 5.69 Å². The van der Waals surface area contributed by atoms with Gasteiger partial charge < -0.3 is 5.73 Å². The minimum absolute atomic E-state index is 0.0531. The van der Waals surface area contributed by atoms with Crippen LogP contribution in [0.3, 0.4) is 0 Å². The van der Waals surface area contributed by atoms with E-state index in [0.29, 0.717) is 5.69 Å². The third-order valence-corrected chi connectivity index (χ3v) is 4.04. The number of aromatic nitrogens is 2. The van der Waals surface area contributed by atoms with Crippen LogP contribution < -0.4 is 5.73 Å². The second kappa shape index (κ2) is 5.04. The van der Waals surface area contributed by atoms with E-state index in [1.165, 1.54) is 16.8 Å². The molecule has 0 saturated carbocycles. The van der Waals surface area contributed by atoms with Gasteiger partial charge in [-0.2, -0.15) is 5.10 Å². The first-order valence-corrected chi connectivity index (χ1v) is 6.42. The molecular weight excluding hydrogens is 328 g/mol. The Morgan fingerprint density at radius 2 is 2.10 bits per heavy atom. The van der Waals surface area contributed by atoms with Gasteiger partial charge in [0.15, 0.2) is 0 Å². The van der Waals surface area contributed by atoms with Crippen molar-refractivity contribution in [3.63, 3.8) is 0 Å². The molecule has 0 saturated heterocycles. The van der Waals surface area contributed by atoms with Crippen molar-refractivity contribution in [3.8, 4) is 5.69 Å². The lowest BCUT2D eigenvalue weighted by molar-refractivity contribution is -0.384. The van der Waals surface area contributed by atoms with E-state index in [1.807, 2.05) is 13.8 Å². The molecule has 0 fully saturated rings. The number of rotatable bonds is 3. The fraction of sp³-hybridized carbons (Fsp3) is 0.167. The molecule has 0 unspecified atom stereocenters. The Balaban J connectivity index is 2.70. The molecule has 0 spiro atoms. The first-order valence-electron chi connectivity index (χ1n) is 5.63. The molecule has 2 N–H and O–H groups in total. The Kier molecular flexibility index (Phi) is 3.58. The van der Waals surface area contributed by atoms with E-state index >= 15 is 0 Å². The minimum Gasteiger partial charge on any atom is -0.366 e. The number of amides is 1. The molecule has 1 aromatic carbocycles. The lowest BCUT2D eigenvalue weighted by Gasteiger charge is -2.08. The summed E-state index contributed by atoms with van der Waals surface area (Å²) in [7, 11) is 0. The molecular formula is C12H11BrN4O3. The fourth-order valence-corrected chi connectivity index (χ4v) is 2.13. The SMILES string of the molecule is Cc1nn(-c2ccc([N+](=O)[O-])cc2C(N)=O)c(C)c1Br. The van der Waals surface area contributed by atoms with Crippen molar-refractivity contribution in [1.29, 1.82) is 0 Å². The van der Waals surface area contributed by atoms with Crippen molar-refractivity contribution in [2.75, 3.05) is 0 Å². The van der Waals surface area contributed by atoms with Crippen LogP contribution >= 0.6 is 15.9 Å². The third-order valence-electron chi connectivity index (χ3n) is 2.89. The molecule has 7 nitrogen and oxygen atoms in total. The van der Waals surface area contributed by atoms with Crippen LogP contribution in [0.25, 0.3) is 5.69 Å². The van der Waals surface area contributed by atoms with Gasteiger partial charge in [0.2, 0.25) is 0 Å². The number of aryl methyl sites for hydroxylation is 1. The van der Waals surface area contributed by atoms with Crippen molar-refractivity contribution < 1.29 is 9.72 Å². The number of hydrogen-bond donors (Lipinski definition) is 1. The van der Waals surface area contributed by atoms with E-state index in [-0.39, 0.29) is 11.3 Å². The quantitative estimate of drug-likeness (QED) is 0.684. The van der Waals surface area contributed by atoms with Crippen LogP contribution in [0.5, 0.6) is 0 Å². The molecule has 2 aromatic rings. The van der Waals surface area contributed by atoms with Gasteiger partial charge in [-0.25, -0.2) is 4.68 Å². The summed E-state index contributed by atoms with van der Waals surface area (Å²) in [6.45, 7) is 3.62. The topological polar surface area (TPSA) is 104 Å². The summed E-state index contributed by atoms with van der Waals surface area (Å²) in [5.74, 6) is -0.743. The van der Waals surface area contributed by atoms with Crippen LogP contribution in [-0.2, 0) is 0 Å². The summed E-state index contributed by atoms with van der Waals surface area (Å²) < 4.78 is 2.34. The average Bonchev–Trinajstić information content (AvgIpc) is 2.65. The van der Waals surface area contributed by atoms with Crippen LogP contribution in [0.15, 0.2) is 22.7 Å². The number of halogens is 1.